The summed E-state index contributed by atoms with van der Waals surface area (Å²) < 4.78 is 34.3. The smallest absolute Gasteiger partial charge is 0.129 e. The first-order valence-corrected chi connectivity index (χ1v) is 9.44. The Labute approximate surface area is 149 Å². The van der Waals surface area contributed by atoms with E-state index in [9.17, 15) is 8.78 Å². The summed E-state index contributed by atoms with van der Waals surface area (Å²) in [6, 6.07) is 3.10. The molecule has 0 aromatic heterocycles. The molecular weight excluding hydrogens is 330 g/mol. The SMILES string of the molecule is CCCCCc1c(F)cc([C@H]2CC[C@H](OC/C=C/Cl)CC2)cc1F. The molecule has 134 valence electrons. The third-order valence-corrected chi connectivity index (χ3v) is 5.03. The lowest BCUT2D eigenvalue weighted by molar-refractivity contribution is 0.0423. The highest BCUT2D eigenvalue weighted by molar-refractivity contribution is 6.25. The Balaban J connectivity index is 1.93. The highest BCUT2D eigenvalue weighted by Crippen LogP contribution is 2.35. The summed E-state index contributed by atoms with van der Waals surface area (Å²) in [5.74, 6) is -0.541. The molecule has 0 aliphatic heterocycles. The number of benzene rings is 1. The molecule has 0 N–H and O–H groups in total. The van der Waals surface area contributed by atoms with Crippen molar-refractivity contribution in [1.29, 1.82) is 0 Å². The highest BCUT2D eigenvalue weighted by atomic mass is 35.5. The second-order valence-corrected chi connectivity index (χ2v) is 6.84. The molecule has 0 saturated heterocycles. The lowest BCUT2D eigenvalue weighted by atomic mass is 9.82. The molecule has 0 atom stereocenters. The van der Waals surface area contributed by atoms with Gasteiger partial charge in [0.15, 0.2) is 0 Å². The third kappa shape index (κ3) is 5.56. The molecule has 1 saturated carbocycles. The normalized spacial score (nSPS) is 21.5. The topological polar surface area (TPSA) is 9.23 Å². The summed E-state index contributed by atoms with van der Waals surface area (Å²) >= 11 is 5.47. The highest BCUT2D eigenvalue weighted by Gasteiger charge is 2.24. The van der Waals surface area contributed by atoms with Crippen LogP contribution < -0.4 is 0 Å². The van der Waals surface area contributed by atoms with E-state index < -0.39 is 0 Å². The predicted molar refractivity (Wildman–Crippen MR) is 95.5 cm³/mol. The van der Waals surface area contributed by atoms with Gasteiger partial charge in [0.05, 0.1) is 12.7 Å². The first-order valence-electron chi connectivity index (χ1n) is 9.00. The van der Waals surface area contributed by atoms with Crippen molar-refractivity contribution in [3.63, 3.8) is 0 Å². The van der Waals surface area contributed by atoms with Gasteiger partial charge in [-0.05, 0) is 68.2 Å². The number of hydrogen-bond acceptors (Lipinski definition) is 1. The van der Waals surface area contributed by atoms with Crippen molar-refractivity contribution in [1.82, 2.24) is 0 Å². The summed E-state index contributed by atoms with van der Waals surface area (Å²) in [4.78, 5) is 0. The number of ether oxygens (including phenoxy) is 1. The summed E-state index contributed by atoms with van der Waals surface area (Å²) in [6.45, 7) is 2.61. The largest absolute Gasteiger partial charge is 0.374 e. The quantitative estimate of drug-likeness (QED) is 0.483. The molecular formula is C20H27ClF2O. The minimum Gasteiger partial charge on any atom is -0.374 e. The molecule has 1 aliphatic carbocycles. The molecule has 2 rings (SSSR count). The van der Waals surface area contributed by atoms with E-state index in [1.54, 1.807) is 18.2 Å². The van der Waals surface area contributed by atoms with Crippen molar-refractivity contribution >= 4 is 11.6 Å². The van der Waals surface area contributed by atoms with Gasteiger partial charge in [-0.15, -0.1) is 0 Å². The first kappa shape index (κ1) is 19.4. The minimum atomic E-state index is -0.383. The lowest BCUT2D eigenvalue weighted by Crippen LogP contribution is -2.21. The zero-order chi connectivity index (χ0) is 17.4. The molecule has 1 aliphatic rings. The van der Waals surface area contributed by atoms with Crippen LogP contribution in [-0.2, 0) is 11.2 Å². The maximum atomic E-state index is 14.3. The molecule has 1 aromatic carbocycles. The fraction of sp³-hybridized carbons (Fsp3) is 0.600. The Bertz CT molecular complexity index is 513. The van der Waals surface area contributed by atoms with Crippen LogP contribution in [0.5, 0.6) is 0 Å². The van der Waals surface area contributed by atoms with E-state index in [-0.39, 0.29) is 29.2 Å². The molecule has 0 bridgehead atoms. The second kappa shape index (κ2) is 10.1. The average Bonchev–Trinajstić information content (AvgIpc) is 2.58. The number of unbranched alkanes of at least 4 members (excludes halogenated alkanes) is 2. The number of halogens is 3. The maximum Gasteiger partial charge on any atom is 0.129 e. The van der Waals surface area contributed by atoms with Crippen molar-refractivity contribution in [3.8, 4) is 0 Å². The van der Waals surface area contributed by atoms with E-state index in [1.165, 1.54) is 5.54 Å². The third-order valence-electron chi connectivity index (χ3n) is 4.86. The summed E-state index contributed by atoms with van der Waals surface area (Å²) in [6.07, 6.45) is 9.02. The summed E-state index contributed by atoms with van der Waals surface area (Å²) in [5, 5.41) is 0. The Morgan fingerprint density at radius 1 is 1.12 bits per heavy atom. The van der Waals surface area contributed by atoms with Crippen LogP contribution in [0.1, 0.15) is 68.9 Å². The van der Waals surface area contributed by atoms with Gasteiger partial charge in [-0.25, -0.2) is 8.78 Å². The van der Waals surface area contributed by atoms with Crippen LogP contribution in [-0.4, -0.2) is 12.7 Å². The van der Waals surface area contributed by atoms with E-state index >= 15 is 0 Å². The molecule has 1 aromatic rings. The maximum absolute atomic E-state index is 14.3. The van der Waals surface area contributed by atoms with Gasteiger partial charge >= 0.3 is 0 Å². The van der Waals surface area contributed by atoms with Crippen LogP contribution in [0, 0.1) is 11.6 Å². The predicted octanol–water partition coefficient (Wildman–Crippen LogP) is 6.49. The van der Waals surface area contributed by atoms with Crippen LogP contribution in [0.4, 0.5) is 8.78 Å². The first-order chi connectivity index (χ1) is 11.7. The molecule has 1 nitrogen and oxygen atoms in total. The van der Waals surface area contributed by atoms with Crippen LogP contribution >= 0.6 is 11.6 Å². The van der Waals surface area contributed by atoms with Gasteiger partial charge in [0.25, 0.3) is 0 Å². The van der Waals surface area contributed by atoms with Gasteiger partial charge in [-0.2, -0.15) is 0 Å². The van der Waals surface area contributed by atoms with Crippen LogP contribution in [0.3, 0.4) is 0 Å². The zero-order valence-corrected chi connectivity index (χ0v) is 15.1. The molecule has 0 spiro atoms. The van der Waals surface area contributed by atoms with Crippen molar-refractivity contribution in [2.75, 3.05) is 6.61 Å². The summed E-state index contributed by atoms with van der Waals surface area (Å²) in [5.41, 5.74) is 2.50. The standard InChI is InChI=1S/C20H27ClF2O/c1-2-3-4-6-18-19(22)13-16(14-20(18)23)15-7-9-17(10-8-15)24-12-5-11-21/h5,11,13-15,17H,2-4,6-10,12H2,1H3/b11-5+/t15-,17-. The Kier molecular flexibility index (Phi) is 8.20. The van der Waals surface area contributed by atoms with Gasteiger partial charge in [0, 0.05) is 11.1 Å². The Hall–Kier alpha value is -0.930. The molecule has 0 radical (unpaired) electrons. The van der Waals surface area contributed by atoms with E-state index in [4.69, 9.17) is 16.3 Å². The second-order valence-electron chi connectivity index (χ2n) is 6.59. The zero-order valence-electron chi connectivity index (χ0n) is 14.4. The number of rotatable bonds is 8. The Morgan fingerprint density at radius 2 is 1.79 bits per heavy atom. The molecule has 0 heterocycles. The monoisotopic (exact) mass is 356 g/mol. The Morgan fingerprint density at radius 3 is 2.38 bits per heavy atom. The molecule has 0 unspecified atom stereocenters. The van der Waals surface area contributed by atoms with Crippen molar-refractivity contribution in [2.24, 2.45) is 0 Å². The van der Waals surface area contributed by atoms with Gasteiger partial charge in [-0.3, -0.25) is 0 Å². The minimum absolute atomic E-state index is 0.220. The average molecular weight is 357 g/mol. The van der Waals surface area contributed by atoms with Gasteiger partial charge in [0.1, 0.15) is 11.6 Å². The van der Waals surface area contributed by atoms with E-state index in [0.717, 1.165) is 50.5 Å². The van der Waals surface area contributed by atoms with Crippen LogP contribution in [0.2, 0.25) is 0 Å². The van der Waals surface area contributed by atoms with Crippen LogP contribution in [0.25, 0.3) is 0 Å². The van der Waals surface area contributed by atoms with Gasteiger partial charge < -0.3 is 4.74 Å². The fourth-order valence-electron chi connectivity index (χ4n) is 3.44. The van der Waals surface area contributed by atoms with Gasteiger partial charge in [0.2, 0.25) is 0 Å². The fourth-order valence-corrected chi connectivity index (χ4v) is 3.51. The molecule has 0 amide bonds. The molecule has 24 heavy (non-hydrogen) atoms. The van der Waals surface area contributed by atoms with Crippen molar-refractivity contribution in [3.05, 3.63) is 46.5 Å². The molecule has 4 heteroatoms. The van der Waals surface area contributed by atoms with Crippen molar-refractivity contribution in [2.45, 2.75) is 70.3 Å². The van der Waals surface area contributed by atoms with E-state index in [2.05, 4.69) is 6.92 Å². The summed E-state index contributed by atoms with van der Waals surface area (Å²) in [7, 11) is 0. The van der Waals surface area contributed by atoms with E-state index in [0.29, 0.717) is 13.0 Å². The van der Waals surface area contributed by atoms with Crippen molar-refractivity contribution < 1.29 is 13.5 Å². The molecule has 1 fully saturated rings. The van der Waals surface area contributed by atoms with Gasteiger partial charge in [-0.1, -0.05) is 31.4 Å². The number of hydrogen-bond donors (Lipinski definition) is 0. The lowest BCUT2D eigenvalue weighted by Gasteiger charge is -2.28. The van der Waals surface area contributed by atoms with E-state index in [1.807, 2.05) is 0 Å². The van der Waals surface area contributed by atoms with Crippen LogP contribution in [0.15, 0.2) is 23.7 Å².